The lowest BCUT2D eigenvalue weighted by atomic mass is 10.2. The number of carbonyl (C=O) groups excluding carboxylic acids is 1. The maximum atomic E-state index is 11.5. The Balaban J connectivity index is 2.64. The number of rotatable bonds is 3. The van der Waals surface area contributed by atoms with E-state index >= 15 is 0 Å². The maximum Gasteiger partial charge on any atom is 0.261 e. The van der Waals surface area contributed by atoms with Crippen LogP contribution in [0, 0.1) is 6.92 Å². The minimum atomic E-state index is -0.186. The number of thiophene rings is 1. The lowest BCUT2D eigenvalue weighted by Gasteiger charge is -2.09. The summed E-state index contributed by atoms with van der Waals surface area (Å²) < 4.78 is 0. The van der Waals surface area contributed by atoms with Crippen LogP contribution >= 0.6 is 11.3 Å². The number of aliphatic hydroxyl groups excluding tert-OH is 1. The fourth-order valence-corrected chi connectivity index (χ4v) is 1.77. The molecule has 0 saturated carbocycles. The van der Waals surface area contributed by atoms with E-state index in [0.29, 0.717) is 0 Å². The Bertz CT molecular complexity index is 296. The van der Waals surface area contributed by atoms with Crippen molar-refractivity contribution in [1.82, 2.24) is 5.32 Å². The zero-order valence-corrected chi connectivity index (χ0v) is 8.52. The number of amides is 1. The van der Waals surface area contributed by atoms with E-state index in [-0.39, 0.29) is 18.6 Å². The van der Waals surface area contributed by atoms with Gasteiger partial charge in [-0.05, 0) is 30.9 Å². The van der Waals surface area contributed by atoms with Gasteiger partial charge in [-0.1, -0.05) is 0 Å². The fraction of sp³-hybridized carbons (Fsp3) is 0.444. The first kappa shape index (κ1) is 10.2. The number of aliphatic hydroxyl groups is 1. The van der Waals surface area contributed by atoms with Gasteiger partial charge in [-0.2, -0.15) is 0 Å². The highest BCUT2D eigenvalue weighted by atomic mass is 32.1. The van der Waals surface area contributed by atoms with E-state index < -0.39 is 0 Å². The second kappa shape index (κ2) is 4.39. The van der Waals surface area contributed by atoms with Gasteiger partial charge in [0.25, 0.3) is 5.91 Å². The molecule has 0 aliphatic carbocycles. The fourth-order valence-electron chi connectivity index (χ4n) is 0.940. The highest BCUT2D eigenvalue weighted by Crippen LogP contribution is 2.14. The van der Waals surface area contributed by atoms with Crippen LogP contribution in [0.25, 0.3) is 0 Å². The predicted octanol–water partition coefficient (Wildman–Crippen LogP) is 1.17. The lowest BCUT2D eigenvalue weighted by Crippen LogP contribution is -2.34. The zero-order chi connectivity index (χ0) is 9.84. The quantitative estimate of drug-likeness (QED) is 0.767. The summed E-state index contributed by atoms with van der Waals surface area (Å²) >= 11 is 1.42. The number of nitrogens with one attached hydrogen (secondary N) is 1. The van der Waals surface area contributed by atoms with Gasteiger partial charge in [0.15, 0.2) is 0 Å². The van der Waals surface area contributed by atoms with Crippen LogP contribution in [0.1, 0.15) is 22.2 Å². The van der Waals surface area contributed by atoms with Crippen LogP contribution in [0.2, 0.25) is 0 Å². The minimum absolute atomic E-state index is 0.0316. The highest BCUT2D eigenvalue weighted by molar-refractivity contribution is 7.12. The molecule has 1 aromatic heterocycles. The van der Waals surface area contributed by atoms with E-state index in [4.69, 9.17) is 5.11 Å². The Morgan fingerprint density at radius 2 is 2.46 bits per heavy atom. The van der Waals surface area contributed by atoms with Crippen molar-refractivity contribution in [3.63, 3.8) is 0 Å². The molecule has 4 heteroatoms. The second-order valence-corrected chi connectivity index (χ2v) is 3.91. The van der Waals surface area contributed by atoms with Crippen molar-refractivity contribution in [2.24, 2.45) is 0 Å². The standard InChI is InChI=1S/C9H13NO2S/c1-6-3-4-13-8(6)9(12)10-7(2)5-11/h3-4,7,11H,5H2,1-2H3,(H,10,12)/t7-/m1/s1. The molecule has 1 rings (SSSR count). The number of carbonyl (C=O) groups is 1. The summed E-state index contributed by atoms with van der Waals surface area (Å²) in [5.74, 6) is -0.103. The Morgan fingerprint density at radius 3 is 2.92 bits per heavy atom. The first-order chi connectivity index (χ1) is 6.15. The Kier molecular flexibility index (Phi) is 3.45. The third-order valence-corrected chi connectivity index (χ3v) is 2.73. The summed E-state index contributed by atoms with van der Waals surface area (Å²) in [7, 11) is 0. The van der Waals surface area contributed by atoms with Crippen LogP contribution in [-0.4, -0.2) is 23.7 Å². The average molecular weight is 199 g/mol. The van der Waals surface area contributed by atoms with Gasteiger partial charge in [0.1, 0.15) is 0 Å². The topological polar surface area (TPSA) is 49.3 Å². The Morgan fingerprint density at radius 1 is 1.77 bits per heavy atom. The summed E-state index contributed by atoms with van der Waals surface area (Å²) in [6.45, 7) is 3.63. The van der Waals surface area contributed by atoms with Crippen LogP contribution in [0.5, 0.6) is 0 Å². The lowest BCUT2D eigenvalue weighted by molar-refractivity contribution is 0.0926. The van der Waals surface area contributed by atoms with E-state index in [0.717, 1.165) is 10.4 Å². The molecule has 1 aromatic rings. The molecule has 0 aliphatic heterocycles. The summed E-state index contributed by atoms with van der Waals surface area (Å²) in [6.07, 6.45) is 0. The molecule has 0 unspecified atom stereocenters. The van der Waals surface area contributed by atoms with Crippen LogP contribution in [0.4, 0.5) is 0 Å². The van der Waals surface area contributed by atoms with Gasteiger partial charge in [0, 0.05) is 6.04 Å². The Hall–Kier alpha value is -0.870. The van der Waals surface area contributed by atoms with Crippen molar-refractivity contribution in [2.45, 2.75) is 19.9 Å². The molecule has 0 bridgehead atoms. The molecule has 0 fully saturated rings. The highest BCUT2D eigenvalue weighted by Gasteiger charge is 2.11. The summed E-state index contributed by atoms with van der Waals surface area (Å²) in [5.41, 5.74) is 0.979. The molecule has 0 aromatic carbocycles. The molecule has 3 nitrogen and oxygen atoms in total. The molecule has 1 amide bonds. The molecule has 0 spiro atoms. The van der Waals surface area contributed by atoms with Gasteiger partial charge in [-0.25, -0.2) is 0 Å². The monoisotopic (exact) mass is 199 g/mol. The van der Waals surface area contributed by atoms with Crippen molar-refractivity contribution in [2.75, 3.05) is 6.61 Å². The molecule has 1 atom stereocenters. The number of hydrogen-bond acceptors (Lipinski definition) is 3. The maximum absolute atomic E-state index is 11.5. The van der Waals surface area contributed by atoms with Crippen molar-refractivity contribution in [1.29, 1.82) is 0 Å². The van der Waals surface area contributed by atoms with Crippen LogP contribution in [-0.2, 0) is 0 Å². The smallest absolute Gasteiger partial charge is 0.261 e. The Labute approximate surface area is 81.4 Å². The molecule has 0 aliphatic rings. The summed E-state index contributed by atoms with van der Waals surface area (Å²) in [5, 5.41) is 13.3. The van der Waals surface area contributed by atoms with E-state index in [9.17, 15) is 4.79 Å². The van der Waals surface area contributed by atoms with Gasteiger partial charge in [0.05, 0.1) is 11.5 Å². The molecular formula is C9H13NO2S. The molecule has 0 saturated heterocycles. The third kappa shape index (κ3) is 2.54. The van der Waals surface area contributed by atoms with Crippen molar-refractivity contribution >= 4 is 17.2 Å². The minimum Gasteiger partial charge on any atom is -0.394 e. The summed E-state index contributed by atoms with van der Waals surface area (Å²) in [6, 6.07) is 1.72. The normalized spacial score (nSPS) is 12.5. The second-order valence-electron chi connectivity index (χ2n) is 2.99. The van der Waals surface area contributed by atoms with Gasteiger partial charge < -0.3 is 10.4 Å². The first-order valence-electron chi connectivity index (χ1n) is 4.11. The van der Waals surface area contributed by atoms with Gasteiger partial charge in [0.2, 0.25) is 0 Å². The molecule has 72 valence electrons. The molecule has 2 N–H and O–H groups in total. The van der Waals surface area contributed by atoms with Gasteiger partial charge in [-0.15, -0.1) is 11.3 Å². The van der Waals surface area contributed by atoms with Crippen molar-refractivity contribution in [3.8, 4) is 0 Å². The van der Waals surface area contributed by atoms with Crippen LogP contribution < -0.4 is 5.32 Å². The van der Waals surface area contributed by atoms with Crippen molar-refractivity contribution < 1.29 is 9.90 Å². The third-order valence-electron chi connectivity index (χ3n) is 1.72. The molecule has 13 heavy (non-hydrogen) atoms. The van der Waals surface area contributed by atoms with E-state index in [1.807, 2.05) is 18.4 Å². The number of aryl methyl sites for hydroxylation is 1. The SMILES string of the molecule is Cc1ccsc1C(=O)N[C@H](C)CO. The van der Waals surface area contributed by atoms with Gasteiger partial charge in [-0.3, -0.25) is 4.79 Å². The van der Waals surface area contributed by atoms with Gasteiger partial charge >= 0.3 is 0 Å². The predicted molar refractivity (Wildman–Crippen MR) is 53.1 cm³/mol. The molecule has 1 heterocycles. The molecular weight excluding hydrogens is 186 g/mol. The summed E-state index contributed by atoms with van der Waals surface area (Å²) in [4.78, 5) is 12.2. The largest absolute Gasteiger partial charge is 0.394 e. The van der Waals surface area contributed by atoms with E-state index in [2.05, 4.69) is 5.32 Å². The van der Waals surface area contributed by atoms with E-state index in [1.165, 1.54) is 11.3 Å². The average Bonchev–Trinajstić information content (AvgIpc) is 2.51. The first-order valence-corrected chi connectivity index (χ1v) is 4.99. The number of hydrogen-bond donors (Lipinski definition) is 2. The zero-order valence-electron chi connectivity index (χ0n) is 7.70. The molecule has 0 radical (unpaired) electrons. The van der Waals surface area contributed by atoms with Crippen LogP contribution in [0.15, 0.2) is 11.4 Å². The van der Waals surface area contributed by atoms with E-state index in [1.54, 1.807) is 6.92 Å². The van der Waals surface area contributed by atoms with Crippen molar-refractivity contribution in [3.05, 3.63) is 21.9 Å². The van der Waals surface area contributed by atoms with Crippen LogP contribution in [0.3, 0.4) is 0 Å².